The first-order valence-electron chi connectivity index (χ1n) is 9.26. The molecule has 27 heavy (non-hydrogen) atoms. The normalized spacial score (nSPS) is 15.4. The molecule has 0 spiro atoms. The van der Waals surface area contributed by atoms with Gasteiger partial charge in [0.25, 0.3) is 0 Å². The molecule has 2 aromatic carbocycles. The zero-order chi connectivity index (χ0) is 19.0. The molecule has 0 atom stereocenters. The van der Waals surface area contributed by atoms with Crippen LogP contribution in [0.5, 0.6) is 0 Å². The van der Waals surface area contributed by atoms with Crippen LogP contribution in [0.3, 0.4) is 0 Å². The van der Waals surface area contributed by atoms with Crippen LogP contribution >= 0.6 is 11.6 Å². The molecule has 1 aliphatic rings. The van der Waals surface area contributed by atoms with Gasteiger partial charge in [-0.2, -0.15) is 0 Å². The minimum Gasteiger partial charge on any atom is -0.423 e. The summed E-state index contributed by atoms with van der Waals surface area (Å²) in [6, 6.07) is 13.7. The summed E-state index contributed by atoms with van der Waals surface area (Å²) in [5.74, 6) is 0. The molecule has 4 nitrogen and oxygen atoms in total. The van der Waals surface area contributed by atoms with Crippen LogP contribution in [0.2, 0.25) is 5.02 Å². The second kappa shape index (κ2) is 7.37. The number of nitrogens with zero attached hydrogens (tertiary/aromatic N) is 2. The summed E-state index contributed by atoms with van der Waals surface area (Å²) in [5.41, 5.74) is 4.96. The van der Waals surface area contributed by atoms with Crippen molar-refractivity contribution in [3.8, 4) is 0 Å². The van der Waals surface area contributed by atoms with E-state index in [-0.39, 0.29) is 5.63 Å². The Morgan fingerprint density at radius 3 is 2.48 bits per heavy atom. The number of rotatable bonds is 3. The van der Waals surface area contributed by atoms with Crippen molar-refractivity contribution < 1.29 is 4.42 Å². The summed E-state index contributed by atoms with van der Waals surface area (Å²) in [5, 5.41) is 1.80. The number of benzene rings is 2. The van der Waals surface area contributed by atoms with E-state index in [1.165, 1.54) is 11.3 Å². The molecule has 1 aliphatic heterocycles. The summed E-state index contributed by atoms with van der Waals surface area (Å²) in [6.45, 7) is 8.66. The fourth-order valence-electron chi connectivity index (χ4n) is 3.69. The van der Waals surface area contributed by atoms with Crippen molar-refractivity contribution in [2.75, 3.05) is 31.1 Å². The van der Waals surface area contributed by atoms with Gasteiger partial charge in [0.1, 0.15) is 5.58 Å². The lowest BCUT2D eigenvalue weighted by molar-refractivity contribution is 0.250. The van der Waals surface area contributed by atoms with Gasteiger partial charge >= 0.3 is 5.63 Å². The van der Waals surface area contributed by atoms with Crippen molar-refractivity contribution in [2.24, 2.45) is 0 Å². The van der Waals surface area contributed by atoms with Crippen LogP contribution < -0.4 is 10.5 Å². The Morgan fingerprint density at radius 1 is 1.00 bits per heavy atom. The molecule has 1 aromatic heterocycles. The van der Waals surface area contributed by atoms with E-state index in [0.717, 1.165) is 54.3 Å². The molecule has 1 fully saturated rings. The lowest BCUT2D eigenvalue weighted by Gasteiger charge is -2.36. The third-order valence-corrected chi connectivity index (χ3v) is 5.62. The predicted octanol–water partition coefficient (Wildman–Crippen LogP) is 4.39. The van der Waals surface area contributed by atoms with Crippen LogP contribution in [0.15, 0.2) is 51.7 Å². The van der Waals surface area contributed by atoms with Gasteiger partial charge in [0, 0.05) is 54.9 Å². The molecule has 0 bridgehead atoms. The average Bonchev–Trinajstić information content (AvgIpc) is 2.64. The Labute approximate surface area is 164 Å². The molecule has 3 aromatic rings. The fourth-order valence-corrected chi connectivity index (χ4v) is 3.88. The Morgan fingerprint density at radius 2 is 1.74 bits per heavy atom. The largest absolute Gasteiger partial charge is 0.423 e. The summed E-state index contributed by atoms with van der Waals surface area (Å²) in [4.78, 5) is 16.8. The SMILES string of the molecule is Cc1cc2oc(=O)cc(CN3CCN(c4cccc(Cl)c4)CC3)c2cc1C. The van der Waals surface area contributed by atoms with Crippen molar-refractivity contribution >= 4 is 28.3 Å². The van der Waals surface area contributed by atoms with Crippen molar-refractivity contribution in [2.45, 2.75) is 20.4 Å². The molecule has 140 valence electrons. The summed E-state index contributed by atoms with van der Waals surface area (Å²) in [6.07, 6.45) is 0. The maximum Gasteiger partial charge on any atom is 0.336 e. The van der Waals surface area contributed by atoms with Crippen molar-refractivity contribution in [1.82, 2.24) is 4.90 Å². The molecule has 0 amide bonds. The molecule has 0 unspecified atom stereocenters. The number of piperazine rings is 1. The van der Waals surface area contributed by atoms with E-state index in [1.54, 1.807) is 6.07 Å². The molecule has 1 saturated heterocycles. The van der Waals surface area contributed by atoms with Crippen LogP contribution in [-0.2, 0) is 6.54 Å². The molecule has 5 heteroatoms. The van der Waals surface area contributed by atoms with Gasteiger partial charge in [-0.3, -0.25) is 4.90 Å². The molecular weight excluding hydrogens is 360 g/mol. The lowest BCUT2D eigenvalue weighted by Crippen LogP contribution is -2.46. The molecule has 4 rings (SSSR count). The van der Waals surface area contributed by atoms with Gasteiger partial charge in [0.05, 0.1) is 0 Å². The maximum absolute atomic E-state index is 12.0. The van der Waals surface area contributed by atoms with Crippen molar-refractivity contribution in [1.29, 1.82) is 0 Å². The Bertz CT molecular complexity index is 1040. The zero-order valence-electron chi connectivity index (χ0n) is 15.7. The number of fused-ring (bicyclic) bond motifs is 1. The van der Waals surface area contributed by atoms with E-state index in [4.69, 9.17) is 16.0 Å². The summed E-state index contributed by atoms with van der Waals surface area (Å²) >= 11 is 6.12. The first kappa shape index (κ1) is 18.1. The number of hydrogen-bond donors (Lipinski definition) is 0. The molecule has 0 N–H and O–H groups in total. The van der Waals surface area contributed by atoms with Crippen molar-refractivity contribution in [3.05, 3.63) is 74.6 Å². The molecule has 0 radical (unpaired) electrons. The second-order valence-corrected chi connectivity index (χ2v) is 7.70. The van der Waals surface area contributed by atoms with E-state index in [0.29, 0.717) is 5.58 Å². The predicted molar refractivity (Wildman–Crippen MR) is 111 cm³/mol. The van der Waals surface area contributed by atoms with E-state index >= 15 is 0 Å². The van der Waals surface area contributed by atoms with E-state index < -0.39 is 0 Å². The smallest absolute Gasteiger partial charge is 0.336 e. The molecule has 0 saturated carbocycles. The monoisotopic (exact) mass is 382 g/mol. The first-order chi connectivity index (χ1) is 13.0. The Hall–Kier alpha value is -2.30. The Balaban J connectivity index is 1.52. The maximum atomic E-state index is 12.0. The van der Waals surface area contributed by atoms with Crippen LogP contribution in [0.25, 0.3) is 11.0 Å². The summed E-state index contributed by atoms with van der Waals surface area (Å²) in [7, 11) is 0. The van der Waals surface area contributed by atoms with Crippen LogP contribution in [0.4, 0.5) is 5.69 Å². The van der Waals surface area contributed by atoms with Gasteiger partial charge in [-0.25, -0.2) is 4.79 Å². The van der Waals surface area contributed by atoms with Gasteiger partial charge < -0.3 is 9.32 Å². The van der Waals surface area contributed by atoms with Crippen LogP contribution in [-0.4, -0.2) is 31.1 Å². The van der Waals surface area contributed by atoms with E-state index in [2.05, 4.69) is 28.9 Å². The highest BCUT2D eigenvalue weighted by atomic mass is 35.5. The van der Waals surface area contributed by atoms with Gasteiger partial charge in [0.2, 0.25) is 0 Å². The summed E-state index contributed by atoms with van der Waals surface area (Å²) < 4.78 is 5.42. The van der Waals surface area contributed by atoms with Gasteiger partial charge in [0.15, 0.2) is 0 Å². The fraction of sp³-hybridized carbons (Fsp3) is 0.318. The standard InChI is InChI=1S/C22H23ClN2O2/c1-15-10-20-17(12-22(26)27-21(20)11-16(15)2)14-24-6-8-25(9-7-24)19-5-3-4-18(23)13-19/h3-5,10-13H,6-9,14H2,1-2H3. The number of anilines is 1. The highest BCUT2D eigenvalue weighted by Gasteiger charge is 2.19. The van der Waals surface area contributed by atoms with Crippen LogP contribution in [0, 0.1) is 13.8 Å². The third-order valence-electron chi connectivity index (χ3n) is 5.38. The Kier molecular flexibility index (Phi) is 4.94. The topological polar surface area (TPSA) is 36.7 Å². The number of aryl methyl sites for hydroxylation is 2. The lowest BCUT2D eigenvalue weighted by atomic mass is 10.0. The molecular formula is C22H23ClN2O2. The van der Waals surface area contributed by atoms with E-state index in [1.807, 2.05) is 31.2 Å². The average molecular weight is 383 g/mol. The quantitative estimate of drug-likeness (QED) is 0.630. The van der Waals surface area contributed by atoms with Gasteiger partial charge in [-0.15, -0.1) is 0 Å². The number of hydrogen-bond acceptors (Lipinski definition) is 4. The second-order valence-electron chi connectivity index (χ2n) is 7.27. The number of halogens is 1. The first-order valence-corrected chi connectivity index (χ1v) is 9.64. The third kappa shape index (κ3) is 3.87. The molecule has 2 heterocycles. The minimum absolute atomic E-state index is 0.279. The van der Waals surface area contributed by atoms with Gasteiger partial charge in [-0.1, -0.05) is 17.7 Å². The highest BCUT2D eigenvalue weighted by Crippen LogP contribution is 2.24. The van der Waals surface area contributed by atoms with Gasteiger partial charge in [-0.05, 0) is 60.9 Å². The molecule has 0 aliphatic carbocycles. The van der Waals surface area contributed by atoms with Crippen molar-refractivity contribution in [3.63, 3.8) is 0 Å². The van der Waals surface area contributed by atoms with E-state index in [9.17, 15) is 4.79 Å². The minimum atomic E-state index is -0.279. The van der Waals surface area contributed by atoms with Crippen LogP contribution in [0.1, 0.15) is 16.7 Å². The highest BCUT2D eigenvalue weighted by molar-refractivity contribution is 6.30. The zero-order valence-corrected chi connectivity index (χ0v) is 16.4.